The van der Waals surface area contributed by atoms with E-state index in [1.807, 2.05) is 6.07 Å². The highest BCUT2D eigenvalue weighted by atomic mass is 16.5. The third kappa shape index (κ3) is 1.50. The molecule has 0 bridgehead atoms. The number of hydrogen-bond donors (Lipinski definition) is 2. The van der Waals surface area contributed by atoms with Crippen LogP contribution in [0.15, 0.2) is 6.07 Å². The standard InChI is InChI=1S/C9H13N3O/c10-4-6-3-7-5-13-2-1-8(7)12-9(6)11/h3H,1-2,4-5,10H2,(H2,11,12). The molecule has 0 saturated carbocycles. The van der Waals surface area contributed by atoms with Crippen LogP contribution in [0.1, 0.15) is 16.8 Å². The van der Waals surface area contributed by atoms with Crippen molar-refractivity contribution in [1.29, 1.82) is 0 Å². The zero-order chi connectivity index (χ0) is 9.26. The van der Waals surface area contributed by atoms with Gasteiger partial charge in [0, 0.05) is 18.5 Å². The molecule has 2 rings (SSSR count). The van der Waals surface area contributed by atoms with E-state index in [1.54, 1.807) is 0 Å². The topological polar surface area (TPSA) is 74.2 Å². The summed E-state index contributed by atoms with van der Waals surface area (Å²) in [4.78, 5) is 4.30. The average molecular weight is 179 g/mol. The van der Waals surface area contributed by atoms with Crippen molar-refractivity contribution in [2.75, 3.05) is 12.3 Å². The van der Waals surface area contributed by atoms with Crippen molar-refractivity contribution in [3.8, 4) is 0 Å². The van der Waals surface area contributed by atoms with E-state index in [2.05, 4.69) is 4.98 Å². The third-order valence-corrected chi connectivity index (χ3v) is 2.26. The first-order valence-electron chi connectivity index (χ1n) is 4.36. The Hall–Kier alpha value is -1.13. The molecule has 2 heterocycles. The molecule has 0 atom stereocenters. The van der Waals surface area contributed by atoms with Gasteiger partial charge in [-0.2, -0.15) is 0 Å². The lowest BCUT2D eigenvalue weighted by molar-refractivity contribution is 0.109. The molecule has 0 unspecified atom stereocenters. The molecule has 13 heavy (non-hydrogen) atoms. The zero-order valence-corrected chi connectivity index (χ0v) is 7.42. The Morgan fingerprint density at radius 1 is 1.54 bits per heavy atom. The Morgan fingerprint density at radius 2 is 2.38 bits per heavy atom. The van der Waals surface area contributed by atoms with Crippen LogP contribution in [0, 0.1) is 0 Å². The molecule has 0 fully saturated rings. The summed E-state index contributed by atoms with van der Waals surface area (Å²) < 4.78 is 5.31. The smallest absolute Gasteiger partial charge is 0.128 e. The van der Waals surface area contributed by atoms with Crippen LogP contribution in [0.3, 0.4) is 0 Å². The van der Waals surface area contributed by atoms with Gasteiger partial charge in [0.2, 0.25) is 0 Å². The summed E-state index contributed by atoms with van der Waals surface area (Å²) >= 11 is 0. The predicted molar refractivity (Wildman–Crippen MR) is 49.9 cm³/mol. The number of rotatable bonds is 1. The van der Waals surface area contributed by atoms with Gasteiger partial charge < -0.3 is 16.2 Å². The number of anilines is 1. The highest BCUT2D eigenvalue weighted by Crippen LogP contribution is 2.19. The third-order valence-electron chi connectivity index (χ3n) is 2.26. The lowest BCUT2D eigenvalue weighted by atomic mass is 10.1. The first-order valence-corrected chi connectivity index (χ1v) is 4.36. The molecule has 1 aromatic rings. The molecular weight excluding hydrogens is 166 g/mol. The van der Waals surface area contributed by atoms with E-state index >= 15 is 0 Å². The second-order valence-electron chi connectivity index (χ2n) is 3.15. The molecule has 0 aliphatic carbocycles. The van der Waals surface area contributed by atoms with Crippen molar-refractivity contribution in [3.63, 3.8) is 0 Å². The normalized spacial score (nSPS) is 15.5. The van der Waals surface area contributed by atoms with Gasteiger partial charge in [-0.05, 0) is 11.6 Å². The highest BCUT2D eigenvalue weighted by molar-refractivity contribution is 5.43. The SMILES string of the molecule is NCc1cc2c(nc1N)CCOC2. The van der Waals surface area contributed by atoms with Crippen LogP contribution < -0.4 is 11.5 Å². The Bertz CT molecular complexity index is 325. The van der Waals surface area contributed by atoms with Crippen molar-refractivity contribution >= 4 is 5.82 Å². The molecule has 70 valence electrons. The molecule has 4 heteroatoms. The second kappa shape index (κ2) is 3.32. The summed E-state index contributed by atoms with van der Waals surface area (Å²) in [6.07, 6.45) is 0.852. The largest absolute Gasteiger partial charge is 0.383 e. The number of hydrogen-bond acceptors (Lipinski definition) is 4. The lowest BCUT2D eigenvalue weighted by Gasteiger charge is -2.17. The van der Waals surface area contributed by atoms with E-state index in [0.717, 1.165) is 29.8 Å². The molecule has 0 spiro atoms. The maximum atomic E-state index is 5.72. The van der Waals surface area contributed by atoms with Crippen molar-refractivity contribution in [3.05, 3.63) is 22.9 Å². The van der Waals surface area contributed by atoms with Crippen molar-refractivity contribution in [2.45, 2.75) is 19.6 Å². The zero-order valence-electron chi connectivity index (χ0n) is 7.42. The van der Waals surface area contributed by atoms with Crippen LogP contribution >= 0.6 is 0 Å². The van der Waals surface area contributed by atoms with Crippen molar-refractivity contribution in [2.24, 2.45) is 5.73 Å². The van der Waals surface area contributed by atoms with Gasteiger partial charge in [-0.25, -0.2) is 4.98 Å². The van der Waals surface area contributed by atoms with Gasteiger partial charge in [0.1, 0.15) is 5.82 Å². The van der Waals surface area contributed by atoms with Gasteiger partial charge in [0.25, 0.3) is 0 Å². The van der Waals surface area contributed by atoms with Crippen molar-refractivity contribution in [1.82, 2.24) is 4.98 Å². The maximum absolute atomic E-state index is 5.72. The van der Waals surface area contributed by atoms with Gasteiger partial charge in [-0.3, -0.25) is 0 Å². The Balaban J connectivity index is 2.44. The van der Waals surface area contributed by atoms with Gasteiger partial charge in [0.05, 0.1) is 18.9 Å². The highest BCUT2D eigenvalue weighted by Gasteiger charge is 2.13. The number of nitrogen functional groups attached to an aromatic ring is 1. The monoisotopic (exact) mass is 179 g/mol. The van der Waals surface area contributed by atoms with Gasteiger partial charge in [-0.1, -0.05) is 0 Å². The van der Waals surface area contributed by atoms with Gasteiger partial charge in [0.15, 0.2) is 0 Å². The van der Waals surface area contributed by atoms with Crippen LogP contribution in [0.25, 0.3) is 0 Å². The van der Waals surface area contributed by atoms with Crippen molar-refractivity contribution < 1.29 is 4.74 Å². The fraction of sp³-hybridized carbons (Fsp3) is 0.444. The van der Waals surface area contributed by atoms with E-state index in [0.29, 0.717) is 19.0 Å². The molecule has 4 nitrogen and oxygen atoms in total. The molecule has 1 aliphatic heterocycles. The van der Waals surface area contributed by atoms with Crippen LogP contribution in [-0.2, 0) is 24.3 Å². The Kier molecular flexibility index (Phi) is 2.16. The molecule has 0 saturated heterocycles. The molecule has 4 N–H and O–H groups in total. The van der Waals surface area contributed by atoms with Crippen LogP contribution in [0.5, 0.6) is 0 Å². The molecule has 0 aromatic carbocycles. The summed E-state index contributed by atoms with van der Waals surface area (Å²) in [5.74, 6) is 0.558. The number of nitrogens with two attached hydrogens (primary N) is 2. The van der Waals surface area contributed by atoms with E-state index in [4.69, 9.17) is 16.2 Å². The molecule has 1 aromatic heterocycles. The van der Waals surface area contributed by atoms with Crippen LogP contribution in [0.4, 0.5) is 5.82 Å². The average Bonchev–Trinajstić information content (AvgIpc) is 2.17. The summed E-state index contributed by atoms with van der Waals surface area (Å²) in [5.41, 5.74) is 14.3. The minimum Gasteiger partial charge on any atom is -0.383 e. The molecular formula is C9H13N3O. The minimum atomic E-state index is 0.437. The summed E-state index contributed by atoms with van der Waals surface area (Å²) in [6.45, 7) is 1.81. The minimum absolute atomic E-state index is 0.437. The van der Waals surface area contributed by atoms with E-state index in [9.17, 15) is 0 Å². The summed E-state index contributed by atoms with van der Waals surface area (Å²) in [7, 11) is 0. The van der Waals surface area contributed by atoms with Crippen LogP contribution in [0.2, 0.25) is 0 Å². The number of fused-ring (bicyclic) bond motifs is 1. The fourth-order valence-electron chi connectivity index (χ4n) is 1.51. The van der Waals surface area contributed by atoms with Gasteiger partial charge in [-0.15, -0.1) is 0 Å². The first-order chi connectivity index (χ1) is 6.31. The number of pyridine rings is 1. The molecule has 0 amide bonds. The molecule has 0 radical (unpaired) electrons. The number of ether oxygens (including phenoxy) is 1. The summed E-state index contributed by atoms with van der Waals surface area (Å²) in [6, 6.07) is 2.00. The summed E-state index contributed by atoms with van der Waals surface area (Å²) in [5, 5.41) is 0. The van der Waals surface area contributed by atoms with E-state index < -0.39 is 0 Å². The van der Waals surface area contributed by atoms with E-state index in [1.165, 1.54) is 0 Å². The second-order valence-corrected chi connectivity index (χ2v) is 3.15. The Labute approximate surface area is 76.9 Å². The van der Waals surface area contributed by atoms with Gasteiger partial charge >= 0.3 is 0 Å². The number of aromatic nitrogens is 1. The van der Waals surface area contributed by atoms with E-state index in [-0.39, 0.29) is 0 Å². The predicted octanol–water partition coefficient (Wildman–Crippen LogP) is 0.195. The quantitative estimate of drug-likeness (QED) is 0.645. The Morgan fingerprint density at radius 3 is 3.15 bits per heavy atom. The number of nitrogens with zero attached hydrogens (tertiary/aromatic N) is 1. The maximum Gasteiger partial charge on any atom is 0.128 e. The first kappa shape index (κ1) is 8.47. The molecule has 1 aliphatic rings. The lowest BCUT2D eigenvalue weighted by Crippen LogP contribution is -2.15. The van der Waals surface area contributed by atoms with Crippen LogP contribution in [-0.4, -0.2) is 11.6 Å². The fourth-order valence-corrected chi connectivity index (χ4v) is 1.51.